The van der Waals surface area contributed by atoms with Crippen LogP contribution in [-0.4, -0.2) is 41.7 Å². The van der Waals surface area contributed by atoms with Gasteiger partial charge in [-0.25, -0.2) is 14.4 Å². The number of carbonyl (C=O) groups is 1. The van der Waals surface area contributed by atoms with E-state index in [1.54, 1.807) is 30.3 Å². The number of hydrogen-bond acceptors (Lipinski definition) is 7. The number of aryl methyl sites for hydroxylation is 1. The van der Waals surface area contributed by atoms with Crippen LogP contribution in [0, 0.1) is 12.7 Å². The van der Waals surface area contributed by atoms with Crippen LogP contribution in [0.15, 0.2) is 36.7 Å². The number of halogens is 1. The van der Waals surface area contributed by atoms with Crippen LogP contribution in [0.1, 0.15) is 25.0 Å². The lowest BCUT2D eigenvalue weighted by atomic mass is 10.2. The van der Waals surface area contributed by atoms with Crippen LogP contribution in [0.25, 0.3) is 21.8 Å². The number of aromatic amines is 1. The second-order valence-electron chi connectivity index (χ2n) is 7.47. The molecule has 2 aromatic heterocycles. The van der Waals surface area contributed by atoms with Crippen molar-refractivity contribution in [3.63, 3.8) is 0 Å². The Labute approximate surface area is 189 Å². The predicted octanol–water partition coefficient (Wildman–Crippen LogP) is 5.08. The highest BCUT2D eigenvalue weighted by Crippen LogP contribution is 2.37. The number of ether oxygens (including phenoxy) is 4. The zero-order valence-corrected chi connectivity index (χ0v) is 18.6. The first-order valence-corrected chi connectivity index (χ1v) is 10.5. The predicted molar refractivity (Wildman–Crippen MR) is 121 cm³/mol. The molecule has 8 nitrogen and oxygen atoms in total. The molecule has 0 aliphatic rings. The van der Waals surface area contributed by atoms with Crippen LogP contribution in [0.4, 0.5) is 4.39 Å². The fraction of sp³-hybridized carbons (Fsp3) is 0.292. The van der Waals surface area contributed by atoms with Crippen molar-refractivity contribution in [2.24, 2.45) is 0 Å². The average Bonchev–Trinajstić information content (AvgIpc) is 3.21. The molecule has 2 heterocycles. The minimum absolute atomic E-state index is 0.0615. The average molecular weight is 453 g/mol. The molecule has 0 aliphatic carbocycles. The van der Waals surface area contributed by atoms with E-state index in [1.807, 2.05) is 6.92 Å². The van der Waals surface area contributed by atoms with Crippen LogP contribution < -0.4 is 14.2 Å². The molecule has 0 amide bonds. The van der Waals surface area contributed by atoms with Gasteiger partial charge in [-0.3, -0.25) is 4.79 Å². The van der Waals surface area contributed by atoms with Gasteiger partial charge in [0.25, 0.3) is 0 Å². The Morgan fingerprint density at radius 2 is 1.88 bits per heavy atom. The fourth-order valence-electron chi connectivity index (χ4n) is 3.52. The Morgan fingerprint density at radius 3 is 2.67 bits per heavy atom. The Bertz CT molecular complexity index is 1300. The number of nitrogens with zero attached hydrogens (tertiary/aromatic N) is 2. The second-order valence-corrected chi connectivity index (χ2v) is 7.47. The van der Waals surface area contributed by atoms with E-state index in [0.717, 1.165) is 5.69 Å². The first-order valence-electron chi connectivity index (χ1n) is 10.5. The second kappa shape index (κ2) is 9.72. The van der Waals surface area contributed by atoms with Gasteiger partial charge in [-0.05, 0) is 44.0 Å². The highest BCUT2D eigenvalue weighted by atomic mass is 19.1. The quantitative estimate of drug-likeness (QED) is 0.279. The van der Waals surface area contributed by atoms with Gasteiger partial charge in [-0.1, -0.05) is 0 Å². The van der Waals surface area contributed by atoms with E-state index in [2.05, 4.69) is 19.7 Å². The van der Waals surface area contributed by atoms with Crippen LogP contribution in [0.3, 0.4) is 0 Å². The van der Waals surface area contributed by atoms with Gasteiger partial charge in [0.05, 0.1) is 31.7 Å². The summed E-state index contributed by atoms with van der Waals surface area (Å²) in [6.07, 6.45) is 3.02. The molecule has 33 heavy (non-hydrogen) atoms. The molecule has 0 saturated carbocycles. The topological polar surface area (TPSA) is 95.6 Å². The molecule has 1 N–H and O–H groups in total. The van der Waals surface area contributed by atoms with E-state index in [1.165, 1.54) is 20.5 Å². The molecule has 0 unspecified atom stereocenters. The lowest BCUT2D eigenvalue weighted by Gasteiger charge is -2.13. The van der Waals surface area contributed by atoms with Gasteiger partial charge < -0.3 is 23.9 Å². The smallest absolute Gasteiger partial charge is 0.305 e. The standard InChI is InChI=1S/C24H24FN3O5/c1-14-10-15-17(28-14)7-8-19(23(15)25)33-24-16-11-20(30-2)21(12-18(16)26-13-27-24)32-9-5-4-6-22(29)31-3/h7-8,10-13,28H,4-6,9H2,1-3H3. The Balaban J connectivity index is 1.57. The summed E-state index contributed by atoms with van der Waals surface area (Å²) >= 11 is 0. The third kappa shape index (κ3) is 4.82. The summed E-state index contributed by atoms with van der Waals surface area (Å²) in [6, 6.07) is 8.47. The summed E-state index contributed by atoms with van der Waals surface area (Å²) < 4.78 is 36.8. The van der Waals surface area contributed by atoms with Gasteiger partial charge in [0.1, 0.15) is 6.33 Å². The zero-order valence-electron chi connectivity index (χ0n) is 18.6. The molecule has 4 rings (SSSR count). The lowest BCUT2D eigenvalue weighted by molar-refractivity contribution is -0.140. The van der Waals surface area contributed by atoms with Gasteiger partial charge in [-0.15, -0.1) is 0 Å². The highest BCUT2D eigenvalue weighted by Gasteiger charge is 2.16. The van der Waals surface area contributed by atoms with Gasteiger partial charge >= 0.3 is 5.97 Å². The third-order valence-electron chi connectivity index (χ3n) is 5.19. The summed E-state index contributed by atoms with van der Waals surface area (Å²) in [5.74, 6) is 0.516. The molecular formula is C24H24FN3O5. The van der Waals surface area contributed by atoms with E-state index >= 15 is 0 Å². The minimum atomic E-state index is -0.470. The van der Waals surface area contributed by atoms with Crippen molar-refractivity contribution < 1.29 is 28.1 Å². The molecule has 0 radical (unpaired) electrons. The van der Waals surface area contributed by atoms with E-state index in [0.29, 0.717) is 59.2 Å². The van der Waals surface area contributed by atoms with Gasteiger partial charge in [0, 0.05) is 29.1 Å². The van der Waals surface area contributed by atoms with Crippen LogP contribution >= 0.6 is 0 Å². The number of aromatic nitrogens is 3. The van der Waals surface area contributed by atoms with E-state index < -0.39 is 5.82 Å². The number of benzene rings is 2. The highest BCUT2D eigenvalue weighted by molar-refractivity contribution is 5.87. The number of nitrogens with one attached hydrogen (secondary N) is 1. The van der Waals surface area contributed by atoms with Crippen LogP contribution in [0.5, 0.6) is 23.1 Å². The normalized spacial score (nSPS) is 11.0. The summed E-state index contributed by atoms with van der Waals surface area (Å²) in [5.41, 5.74) is 2.11. The number of unbranched alkanes of at least 4 members (excludes halogenated alkanes) is 1. The van der Waals surface area contributed by atoms with Gasteiger partial charge in [0.15, 0.2) is 23.1 Å². The van der Waals surface area contributed by atoms with E-state index in [9.17, 15) is 9.18 Å². The molecule has 0 saturated heterocycles. The van der Waals surface area contributed by atoms with Gasteiger partial charge in [0.2, 0.25) is 5.88 Å². The number of carbonyl (C=O) groups excluding carboxylic acids is 1. The number of esters is 1. The Morgan fingerprint density at radius 1 is 1.03 bits per heavy atom. The van der Waals surface area contributed by atoms with Crippen molar-refractivity contribution in [1.82, 2.24) is 15.0 Å². The summed E-state index contributed by atoms with van der Waals surface area (Å²) in [7, 11) is 2.89. The molecule has 0 atom stereocenters. The third-order valence-corrected chi connectivity index (χ3v) is 5.19. The largest absolute Gasteiger partial charge is 0.493 e. The van der Waals surface area contributed by atoms with Crippen molar-refractivity contribution in [2.75, 3.05) is 20.8 Å². The van der Waals surface area contributed by atoms with E-state index in [-0.39, 0.29) is 17.6 Å². The fourth-order valence-corrected chi connectivity index (χ4v) is 3.52. The van der Waals surface area contributed by atoms with Crippen molar-refractivity contribution in [3.8, 4) is 23.1 Å². The lowest BCUT2D eigenvalue weighted by Crippen LogP contribution is -2.03. The molecule has 9 heteroatoms. The molecule has 0 bridgehead atoms. The van der Waals surface area contributed by atoms with Crippen LogP contribution in [0.2, 0.25) is 0 Å². The summed E-state index contributed by atoms with van der Waals surface area (Å²) in [4.78, 5) is 22.8. The number of fused-ring (bicyclic) bond motifs is 2. The number of methoxy groups -OCH3 is 2. The van der Waals surface area contributed by atoms with Crippen LogP contribution in [-0.2, 0) is 9.53 Å². The molecule has 0 fully saturated rings. The van der Waals surface area contributed by atoms with E-state index in [4.69, 9.17) is 14.2 Å². The molecule has 4 aromatic rings. The molecule has 172 valence electrons. The maximum atomic E-state index is 15.0. The first-order chi connectivity index (χ1) is 16.0. The SMILES string of the molecule is COC(=O)CCCCOc1cc2ncnc(Oc3ccc4[nH]c(C)cc4c3F)c2cc1OC. The van der Waals surface area contributed by atoms with Crippen molar-refractivity contribution in [2.45, 2.75) is 26.2 Å². The maximum absolute atomic E-state index is 15.0. The molecule has 2 aromatic carbocycles. The number of hydrogen-bond donors (Lipinski definition) is 1. The number of rotatable bonds is 9. The van der Waals surface area contributed by atoms with Crippen molar-refractivity contribution in [1.29, 1.82) is 0 Å². The maximum Gasteiger partial charge on any atom is 0.305 e. The van der Waals surface area contributed by atoms with Crippen molar-refractivity contribution >= 4 is 27.8 Å². The zero-order chi connectivity index (χ0) is 23.4. The van der Waals surface area contributed by atoms with Crippen molar-refractivity contribution in [3.05, 3.63) is 48.2 Å². The van der Waals surface area contributed by atoms with Gasteiger partial charge in [-0.2, -0.15) is 0 Å². The Hall–Kier alpha value is -3.88. The molecule has 0 aliphatic heterocycles. The molecule has 0 spiro atoms. The first kappa shape index (κ1) is 22.3. The monoisotopic (exact) mass is 453 g/mol. The summed E-state index contributed by atoms with van der Waals surface area (Å²) in [6.45, 7) is 2.26. The minimum Gasteiger partial charge on any atom is -0.493 e. The number of H-pyrrole nitrogens is 1. The Kier molecular flexibility index (Phi) is 6.58. The summed E-state index contributed by atoms with van der Waals surface area (Å²) in [5, 5.41) is 1.00. The molecular weight excluding hydrogens is 429 g/mol.